The van der Waals surface area contributed by atoms with Gasteiger partial charge in [0.2, 0.25) is 0 Å². The van der Waals surface area contributed by atoms with Crippen LogP contribution in [0.2, 0.25) is 3.63 Å². The molecule has 0 saturated carbocycles. The molecule has 0 N–H and O–H groups in total. The Bertz CT molecular complexity index is 766. The van der Waals surface area contributed by atoms with Crippen LogP contribution < -0.4 is 24.8 Å². The van der Waals surface area contributed by atoms with Crippen molar-refractivity contribution in [3.63, 3.8) is 0 Å². The SMILES string of the molecule is [Cl-].[Cl-].[Zr+2][CH](CCC1C=Cc2ccccc21)CC1C=Cc2ccccc21. The van der Waals surface area contributed by atoms with Crippen LogP contribution in [0.5, 0.6) is 0 Å². The zero-order valence-electron chi connectivity index (χ0n) is 14.0. The second-order valence-electron chi connectivity index (χ2n) is 6.70. The molecule has 0 spiro atoms. The van der Waals surface area contributed by atoms with Crippen molar-refractivity contribution < 1.29 is 49.5 Å². The second kappa shape index (κ2) is 9.36. The molecule has 127 valence electrons. The number of hydrogen-bond donors (Lipinski definition) is 0. The molecule has 2 aliphatic carbocycles. The molecule has 2 aromatic rings. The van der Waals surface area contributed by atoms with Gasteiger partial charge in [-0.2, -0.15) is 0 Å². The first-order valence-corrected chi connectivity index (χ1v) is 9.98. The van der Waals surface area contributed by atoms with Crippen LogP contribution in [0.4, 0.5) is 0 Å². The summed E-state index contributed by atoms with van der Waals surface area (Å²) in [5.74, 6) is 1.28. The van der Waals surface area contributed by atoms with E-state index in [4.69, 9.17) is 0 Å². The fourth-order valence-corrected chi connectivity index (χ4v) is 4.94. The second-order valence-corrected chi connectivity index (χ2v) is 8.71. The van der Waals surface area contributed by atoms with Crippen molar-refractivity contribution in [2.24, 2.45) is 0 Å². The van der Waals surface area contributed by atoms with Crippen LogP contribution in [0.1, 0.15) is 53.4 Å². The molecule has 25 heavy (non-hydrogen) atoms. The summed E-state index contributed by atoms with van der Waals surface area (Å²) in [6.45, 7) is 0. The predicted molar refractivity (Wildman–Crippen MR) is 94.0 cm³/mol. The Morgan fingerprint density at radius 2 is 1.28 bits per heavy atom. The van der Waals surface area contributed by atoms with E-state index in [9.17, 15) is 0 Å². The molecule has 0 saturated heterocycles. The molecule has 2 aliphatic rings. The standard InChI is InChI=1S/C22H21.2ClH.Zr/c1(7-17-13-15-19-9-3-5-11-21(17)19)2-8-18-14-16-20-10-4-6-12-22(18)20;;;/h1,3-6,9-18H,2,7-8H2;2*1H;/q;;;+2/p-2. The van der Waals surface area contributed by atoms with Crippen LogP contribution in [-0.4, -0.2) is 0 Å². The maximum absolute atomic E-state index is 2.41. The van der Waals surface area contributed by atoms with Crippen LogP contribution in [0.3, 0.4) is 0 Å². The zero-order chi connectivity index (χ0) is 15.6. The van der Waals surface area contributed by atoms with E-state index in [0.29, 0.717) is 11.8 Å². The molecule has 0 aromatic heterocycles. The molecule has 3 unspecified atom stereocenters. The van der Waals surface area contributed by atoms with E-state index in [2.05, 4.69) is 72.8 Å². The van der Waals surface area contributed by atoms with E-state index < -0.39 is 0 Å². The van der Waals surface area contributed by atoms with Gasteiger partial charge < -0.3 is 24.8 Å². The molecule has 0 bridgehead atoms. The Morgan fingerprint density at radius 1 is 0.760 bits per heavy atom. The molecule has 3 heteroatoms. The molecule has 0 aliphatic heterocycles. The Labute approximate surface area is 178 Å². The number of hydrogen-bond acceptors (Lipinski definition) is 0. The van der Waals surface area contributed by atoms with Gasteiger partial charge in [-0.1, -0.05) is 0 Å². The van der Waals surface area contributed by atoms with Gasteiger partial charge in [-0.05, 0) is 0 Å². The molecule has 0 fully saturated rings. The summed E-state index contributed by atoms with van der Waals surface area (Å²) in [5, 5.41) is 0. The Morgan fingerprint density at radius 3 is 1.92 bits per heavy atom. The van der Waals surface area contributed by atoms with Gasteiger partial charge >= 0.3 is 155 Å². The Kier molecular flexibility index (Phi) is 7.74. The molecule has 0 radical (unpaired) electrons. The molecular weight excluding hydrogens is 426 g/mol. The van der Waals surface area contributed by atoms with E-state index in [0.717, 1.165) is 3.63 Å². The van der Waals surface area contributed by atoms with E-state index in [1.165, 1.54) is 41.5 Å². The van der Waals surface area contributed by atoms with Crippen molar-refractivity contribution in [3.05, 3.63) is 82.9 Å². The summed E-state index contributed by atoms with van der Waals surface area (Å²) >= 11 is 1.69. The molecule has 0 amide bonds. The van der Waals surface area contributed by atoms with E-state index in [1.807, 2.05) is 0 Å². The monoisotopic (exact) mass is 445 g/mol. The van der Waals surface area contributed by atoms with Gasteiger partial charge in [0.25, 0.3) is 0 Å². The van der Waals surface area contributed by atoms with Crippen LogP contribution in [-0.2, 0) is 24.7 Å². The minimum atomic E-state index is 0. The minimum absolute atomic E-state index is 0. The third-order valence-electron chi connectivity index (χ3n) is 5.17. The normalized spacial score (nSPS) is 20.4. The quantitative estimate of drug-likeness (QED) is 0.611. The van der Waals surface area contributed by atoms with Gasteiger partial charge in [0.15, 0.2) is 0 Å². The summed E-state index contributed by atoms with van der Waals surface area (Å²) in [6.07, 6.45) is 13.4. The first-order chi connectivity index (χ1) is 11.3. The first-order valence-electron chi connectivity index (χ1n) is 8.56. The molecule has 0 nitrogen and oxygen atoms in total. The topological polar surface area (TPSA) is 0 Å². The van der Waals surface area contributed by atoms with Crippen molar-refractivity contribution in [1.82, 2.24) is 0 Å². The number of halogens is 2. The van der Waals surface area contributed by atoms with Crippen molar-refractivity contribution >= 4 is 12.2 Å². The Hall–Kier alpha value is -0.617. The van der Waals surface area contributed by atoms with E-state index in [1.54, 1.807) is 24.7 Å². The van der Waals surface area contributed by atoms with Gasteiger partial charge in [0, 0.05) is 0 Å². The molecular formula is C22H21Cl2Zr. The van der Waals surface area contributed by atoms with Crippen LogP contribution in [0.15, 0.2) is 60.7 Å². The number of fused-ring (bicyclic) bond motifs is 2. The van der Waals surface area contributed by atoms with Gasteiger partial charge in [-0.15, -0.1) is 0 Å². The van der Waals surface area contributed by atoms with Crippen LogP contribution in [0.25, 0.3) is 12.2 Å². The van der Waals surface area contributed by atoms with E-state index in [-0.39, 0.29) is 24.8 Å². The summed E-state index contributed by atoms with van der Waals surface area (Å²) < 4.78 is 0.851. The third kappa shape index (κ3) is 4.57. The molecule has 0 heterocycles. The fourth-order valence-electron chi connectivity index (χ4n) is 3.91. The van der Waals surface area contributed by atoms with Crippen LogP contribution >= 0.6 is 0 Å². The summed E-state index contributed by atoms with van der Waals surface area (Å²) in [7, 11) is 0. The summed E-state index contributed by atoms with van der Waals surface area (Å²) in [5.41, 5.74) is 5.91. The fraction of sp³-hybridized carbons (Fsp3) is 0.273. The van der Waals surface area contributed by atoms with Crippen LogP contribution in [0, 0.1) is 0 Å². The van der Waals surface area contributed by atoms with Gasteiger partial charge in [-0.3, -0.25) is 0 Å². The number of benzene rings is 2. The maximum atomic E-state index is 2.41. The Balaban J connectivity index is 0.00000113. The average molecular weight is 448 g/mol. The van der Waals surface area contributed by atoms with Gasteiger partial charge in [0.1, 0.15) is 0 Å². The van der Waals surface area contributed by atoms with Crippen molar-refractivity contribution in [1.29, 1.82) is 0 Å². The molecule has 4 rings (SSSR count). The summed E-state index contributed by atoms with van der Waals surface area (Å²) in [6, 6.07) is 17.7. The zero-order valence-corrected chi connectivity index (χ0v) is 18.0. The average Bonchev–Trinajstić information content (AvgIpc) is 3.18. The number of rotatable bonds is 5. The predicted octanol–water partition coefficient (Wildman–Crippen LogP) is 0.121. The van der Waals surface area contributed by atoms with Crippen molar-refractivity contribution in [2.75, 3.05) is 0 Å². The van der Waals surface area contributed by atoms with Gasteiger partial charge in [0.05, 0.1) is 0 Å². The molecule has 3 atom stereocenters. The third-order valence-corrected chi connectivity index (χ3v) is 6.46. The molecule has 2 aromatic carbocycles. The number of allylic oxidation sites excluding steroid dienone is 2. The van der Waals surface area contributed by atoms with Crippen molar-refractivity contribution in [2.45, 2.75) is 34.7 Å². The van der Waals surface area contributed by atoms with E-state index >= 15 is 0 Å². The summed E-state index contributed by atoms with van der Waals surface area (Å²) in [4.78, 5) is 0. The first kappa shape index (κ1) is 20.7. The van der Waals surface area contributed by atoms with Gasteiger partial charge in [-0.25, -0.2) is 0 Å². The van der Waals surface area contributed by atoms with Crippen molar-refractivity contribution in [3.8, 4) is 0 Å².